The van der Waals surface area contributed by atoms with Crippen LogP contribution in [0.25, 0.3) is 0 Å². The first-order chi connectivity index (χ1) is 9.04. The molecule has 1 aliphatic rings. The van der Waals surface area contributed by atoms with Crippen LogP contribution in [0.3, 0.4) is 0 Å². The van der Waals surface area contributed by atoms with Gasteiger partial charge in [-0.25, -0.2) is 4.98 Å². The molecule has 1 aromatic heterocycles. The summed E-state index contributed by atoms with van der Waals surface area (Å²) >= 11 is 0. The number of piperidine rings is 1. The minimum atomic E-state index is 0.00262. The molecule has 0 amide bonds. The smallest absolute Gasteiger partial charge is 0.293 e. The van der Waals surface area contributed by atoms with Crippen LogP contribution in [0, 0.1) is 5.92 Å². The fourth-order valence-corrected chi connectivity index (χ4v) is 2.71. The second-order valence-electron chi connectivity index (χ2n) is 5.62. The highest BCUT2D eigenvalue weighted by Crippen LogP contribution is 2.21. The molecule has 19 heavy (non-hydrogen) atoms. The Hall–Kier alpha value is -1.36. The van der Waals surface area contributed by atoms with Crippen molar-refractivity contribution in [3.63, 3.8) is 0 Å². The van der Waals surface area contributed by atoms with Gasteiger partial charge in [0.2, 0.25) is 0 Å². The van der Waals surface area contributed by atoms with Crippen LogP contribution in [0.15, 0.2) is 17.2 Å². The number of aromatic nitrogens is 2. The van der Waals surface area contributed by atoms with Crippen LogP contribution in [-0.4, -0.2) is 28.7 Å². The van der Waals surface area contributed by atoms with Crippen molar-refractivity contribution in [3.8, 4) is 0 Å². The molecule has 2 rings (SSSR count). The zero-order valence-corrected chi connectivity index (χ0v) is 12.0. The number of nitrogens with two attached hydrogens (primary N) is 1. The van der Waals surface area contributed by atoms with E-state index in [1.807, 2.05) is 13.8 Å². The molecule has 0 saturated carbocycles. The first-order valence-corrected chi connectivity index (χ1v) is 7.12. The average molecular weight is 264 g/mol. The Kier molecular flexibility index (Phi) is 4.24. The molecule has 1 aromatic rings. The zero-order valence-electron chi connectivity index (χ0n) is 12.0. The monoisotopic (exact) mass is 264 g/mol. The van der Waals surface area contributed by atoms with Gasteiger partial charge >= 0.3 is 0 Å². The van der Waals surface area contributed by atoms with Crippen molar-refractivity contribution in [2.45, 2.75) is 45.7 Å². The van der Waals surface area contributed by atoms with Gasteiger partial charge in [-0.05, 0) is 26.2 Å². The fraction of sp³-hybridized carbons (Fsp3) is 0.714. The van der Waals surface area contributed by atoms with Crippen LogP contribution in [0.5, 0.6) is 0 Å². The van der Waals surface area contributed by atoms with Crippen LogP contribution in [0.2, 0.25) is 0 Å². The molecule has 0 bridgehead atoms. The first kappa shape index (κ1) is 14.1. The summed E-state index contributed by atoms with van der Waals surface area (Å²) in [6, 6.07) is 0.403. The Morgan fingerprint density at radius 3 is 2.89 bits per heavy atom. The van der Waals surface area contributed by atoms with Gasteiger partial charge in [0.05, 0.1) is 0 Å². The van der Waals surface area contributed by atoms with Gasteiger partial charge in [-0.3, -0.25) is 4.79 Å². The maximum atomic E-state index is 12.4. The number of hydrogen-bond acceptors (Lipinski definition) is 4. The minimum absolute atomic E-state index is 0.00262. The molecule has 5 nitrogen and oxygen atoms in total. The normalized spacial score (nSPS) is 23.9. The molecule has 0 spiro atoms. The highest BCUT2D eigenvalue weighted by atomic mass is 16.1. The number of anilines is 1. The molecule has 2 unspecified atom stereocenters. The topological polar surface area (TPSA) is 64.2 Å². The minimum Gasteiger partial charge on any atom is -0.352 e. The highest BCUT2D eigenvalue weighted by Gasteiger charge is 2.27. The van der Waals surface area contributed by atoms with Gasteiger partial charge < -0.3 is 15.2 Å². The van der Waals surface area contributed by atoms with Crippen LogP contribution < -0.4 is 16.2 Å². The van der Waals surface area contributed by atoms with Gasteiger partial charge in [-0.1, -0.05) is 13.3 Å². The summed E-state index contributed by atoms with van der Waals surface area (Å²) in [5, 5.41) is 0. The van der Waals surface area contributed by atoms with Crippen molar-refractivity contribution in [2.24, 2.45) is 11.7 Å². The molecule has 1 fully saturated rings. The lowest BCUT2D eigenvalue weighted by Gasteiger charge is -2.36. The largest absolute Gasteiger partial charge is 0.352 e. The Morgan fingerprint density at radius 2 is 2.26 bits per heavy atom. The van der Waals surface area contributed by atoms with Crippen molar-refractivity contribution < 1.29 is 0 Å². The number of rotatable bonds is 3. The van der Waals surface area contributed by atoms with Crippen molar-refractivity contribution in [1.82, 2.24) is 9.55 Å². The first-order valence-electron chi connectivity index (χ1n) is 7.12. The molecule has 0 aliphatic carbocycles. The maximum Gasteiger partial charge on any atom is 0.293 e. The van der Waals surface area contributed by atoms with E-state index >= 15 is 0 Å². The standard InChI is InChI=1S/C14H24N4O/c1-4-11-9-17(7-5-12(11)15)13-14(19)18(10(2)3)8-6-16-13/h6,8,10-12H,4-5,7,9,15H2,1-3H3. The second-order valence-corrected chi connectivity index (χ2v) is 5.62. The van der Waals surface area contributed by atoms with Gasteiger partial charge in [-0.2, -0.15) is 0 Å². The summed E-state index contributed by atoms with van der Waals surface area (Å²) in [4.78, 5) is 18.8. The van der Waals surface area contributed by atoms with Crippen molar-refractivity contribution in [1.29, 1.82) is 0 Å². The van der Waals surface area contributed by atoms with E-state index < -0.39 is 0 Å². The third kappa shape index (κ3) is 2.81. The van der Waals surface area contributed by atoms with E-state index in [0.29, 0.717) is 11.7 Å². The zero-order chi connectivity index (χ0) is 14.0. The van der Waals surface area contributed by atoms with Crippen LogP contribution in [0.4, 0.5) is 5.82 Å². The van der Waals surface area contributed by atoms with E-state index in [2.05, 4.69) is 16.8 Å². The third-order valence-electron chi connectivity index (χ3n) is 4.02. The van der Waals surface area contributed by atoms with E-state index in [1.54, 1.807) is 17.0 Å². The lowest BCUT2D eigenvalue weighted by atomic mass is 9.91. The van der Waals surface area contributed by atoms with E-state index in [-0.39, 0.29) is 17.6 Å². The Morgan fingerprint density at radius 1 is 1.53 bits per heavy atom. The van der Waals surface area contributed by atoms with Crippen molar-refractivity contribution in [2.75, 3.05) is 18.0 Å². The van der Waals surface area contributed by atoms with E-state index in [1.165, 1.54) is 0 Å². The second kappa shape index (κ2) is 5.74. The lowest BCUT2D eigenvalue weighted by Crippen LogP contribution is -2.49. The quantitative estimate of drug-likeness (QED) is 0.896. The molecule has 2 N–H and O–H groups in total. The van der Waals surface area contributed by atoms with E-state index in [0.717, 1.165) is 25.9 Å². The SMILES string of the molecule is CCC1CN(c2nccn(C(C)C)c2=O)CCC1N. The van der Waals surface area contributed by atoms with Gasteiger partial charge in [0.25, 0.3) is 5.56 Å². The highest BCUT2D eigenvalue weighted by molar-refractivity contribution is 5.36. The van der Waals surface area contributed by atoms with Gasteiger partial charge in [0, 0.05) is 37.6 Å². The van der Waals surface area contributed by atoms with Crippen molar-refractivity contribution in [3.05, 3.63) is 22.7 Å². The molecular formula is C14H24N4O. The molecule has 1 saturated heterocycles. The average Bonchev–Trinajstić information content (AvgIpc) is 2.39. The van der Waals surface area contributed by atoms with Gasteiger partial charge in [0.1, 0.15) is 0 Å². The predicted octanol–water partition coefficient (Wildman–Crippen LogP) is 1.39. The van der Waals surface area contributed by atoms with Gasteiger partial charge in [-0.15, -0.1) is 0 Å². The summed E-state index contributed by atoms with van der Waals surface area (Å²) < 4.78 is 1.73. The summed E-state index contributed by atoms with van der Waals surface area (Å²) in [5.41, 5.74) is 6.12. The van der Waals surface area contributed by atoms with Crippen LogP contribution in [0.1, 0.15) is 39.7 Å². The molecule has 1 aliphatic heterocycles. The molecular weight excluding hydrogens is 240 g/mol. The Bertz CT molecular complexity index is 483. The molecule has 0 aromatic carbocycles. The summed E-state index contributed by atoms with van der Waals surface area (Å²) in [6.07, 6.45) is 5.44. The van der Waals surface area contributed by atoms with Crippen LogP contribution in [-0.2, 0) is 0 Å². The molecule has 2 atom stereocenters. The maximum absolute atomic E-state index is 12.4. The lowest BCUT2D eigenvalue weighted by molar-refractivity contribution is 0.345. The van der Waals surface area contributed by atoms with Crippen LogP contribution >= 0.6 is 0 Å². The van der Waals surface area contributed by atoms with Crippen molar-refractivity contribution >= 4 is 5.82 Å². The Balaban J connectivity index is 2.28. The predicted molar refractivity (Wildman–Crippen MR) is 77.5 cm³/mol. The van der Waals surface area contributed by atoms with E-state index in [4.69, 9.17) is 5.73 Å². The molecule has 106 valence electrons. The molecule has 5 heteroatoms. The number of nitrogens with zero attached hydrogens (tertiary/aromatic N) is 3. The molecule has 0 radical (unpaired) electrons. The molecule has 2 heterocycles. The van der Waals surface area contributed by atoms with Gasteiger partial charge in [0.15, 0.2) is 5.82 Å². The van der Waals surface area contributed by atoms with E-state index in [9.17, 15) is 4.79 Å². The third-order valence-corrected chi connectivity index (χ3v) is 4.02. The summed E-state index contributed by atoms with van der Waals surface area (Å²) in [6.45, 7) is 7.82. The number of hydrogen-bond donors (Lipinski definition) is 1. The Labute approximate surface area is 114 Å². The summed E-state index contributed by atoms with van der Waals surface area (Å²) in [5.74, 6) is 1.02. The summed E-state index contributed by atoms with van der Waals surface area (Å²) in [7, 11) is 0. The fourth-order valence-electron chi connectivity index (χ4n) is 2.71.